The summed E-state index contributed by atoms with van der Waals surface area (Å²) in [4.78, 5) is 16.0. The van der Waals surface area contributed by atoms with Crippen molar-refractivity contribution in [1.82, 2.24) is 19.8 Å². The summed E-state index contributed by atoms with van der Waals surface area (Å²) in [7, 11) is -2.47. The third-order valence-electron chi connectivity index (χ3n) is 5.89. The second-order valence-corrected chi connectivity index (χ2v) is 9.81. The molecule has 1 fully saturated rings. The van der Waals surface area contributed by atoms with Gasteiger partial charge in [-0.05, 0) is 19.9 Å². The molecule has 2 aromatic rings. The summed E-state index contributed by atoms with van der Waals surface area (Å²) in [6.07, 6.45) is 0.657. The normalized spacial score (nSPS) is 17.6. The molecule has 2 aliphatic heterocycles. The van der Waals surface area contributed by atoms with Crippen LogP contribution in [0.1, 0.15) is 30.8 Å². The van der Waals surface area contributed by atoms with Crippen LogP contribution in [0, 0.1) is 11.6 Å². The summed E-state index contributed by atoms with van der Waals surface area (Å²) in [6.45, 7) is 8.49. The number of piperazine rings is 1. The molecule has 0 unspecified atom stereocenters. The molecule has 0 aliphatic carbocycles. The maximum absolute atomic E-state index is 14.0. The van der Waals surface area contributed by atoms with Crippen LogP contribution in [0.25, 0.3) is 0 Å². The number of rotatable bonds is 7. The van der Waals surface area contributed by atoms with Crippen LogP contribution in [0.15, 0.2) is 18.2 Å². The number of halogens is 2. The highest BCUT2D eigenvalue weighted by molar-refractivity contribution is 7.72. The molecule has 1 aromatic heterocycles. The van der Waals surface area contributed by atoms with Gasteiger partial charge in [-0.25, -0.2) is 27.2 Å². The summed E-state index contributed by atoms with van der Waals surface area (Å²) < 4.78 is 49.5. The molecule has 0 spiro atoms. The summed E-state index contributed by atoms with van der Waals surface area (Å²) in [5.41, 5.74) is 2.22. The second kappa shape index (κ2) is 10.3. The predicted molar refractivity (Wildman–Crippen MR) is 124 cm³/mol. The number of hydrogen-bond acceptors (Lipinski definition) is 8. The smallest absolute Gasteiger partial charge is 0.172 e. The second-order valence-electron chi connectivity index (χ2n) is 8.86. The van der Waals surface area contributed by atoms with E-state index in [1.807, 2.05) is 18.7 Å². The Hall–Kier alpha value is -2.37. The van der Waals surface area contributed by atoms with Crippen molar-refractivity contribution in [3.63, 3.8) is 0 Å². The van der Waals surface area contributed by atoms with Crippen LogP contribution in [-0.2, 0) is 30.2 Å². The first-order chi connectivity index (χ1) is 15.8. The number of fused-ring (bicyclic) bond motifs is 1. The maximum Gasteiger partial charge on any atom is 0.172 e. The van der Waals surface area contributed by atoms with E-state index in [2.05, 4.69) is 15.1 Å². The molecule has 3 heterocycles. The first kappa shape index (κ1) is 23.8. The number of benzene rings is 1. The quantitative estimate of drug-likeness (QED) is 0.581. The van der Waals surface area contributed by atoms with Gasteiger partial charge in [0.15, 0.2) is 22.3 Å². The number of nitrogens with zero attached hydrogens (tertiary/aromatic N) is 5. The molecule has 0 bridgehead atoms. The molecule has 0 atom stereocenters. The molecule has 0 saturated carbocycles. The van der Waals surface area contributed by atoms with E-state index in [1.165, 1.54) is 12.1 Å². The van der Waals surface area contributed by atoms with E-state index < -0.39 is 22.3 Å². The van der Waals surface area contributed by atoms with E-state index in [0.717, 1.165) is 36.4 Å². The van der Waals surface area contributed by atoms with Gasteiger partial charge in [0.25, 0.3) is 0 Å². The molecule has 1 N–H and O–H groups in total. The number of aromatic nitrogens is 2. The van der Waals surface area contributed by atoms with Gasteiger partial charge in [-0.1, -0.05) is 6.07 Å². The molecule has 1 saturated heterocycles. The third-order valence-corrected chi connectivity index (χ3v) is 6.52. The van der Waals surface area contributed by atoms with Crippen LogP contribution in [0.2, 0.25) is 0 Å². The molecule has 2 aliphatic rings. The van der Waals surface area contributed by atoms with Crippen molar-refractivity contribution in [3.05, 3.63) is 46.8 Å². The largest absolute Gasteiger partial charge is 0.365 e. The van der Waals surface area contributed by atoms with E-state index >= 15 is 0 Å². The van der Waals surface area contributed by atoms with E-state index in [9.17, 15) is 17.2 Å². The summed E-state index contributed by atoms with van der Waals surface area (Å²) >= 11 is 0. The average Bonchev–Trinajstić information content (AvgIpc) is 2.75. The Balaban J connectivity index is 1.48. The summed E-state index contributed by atoms with van der Waals surface area (Å²) in [6, 6.07) is 3.88. The van der Waals surface area contributed by atoms with Gasteiger partial charge in [-0.15, -0.1) is 0 Å². The Labute approximate surface area is 194 Å². The Morgan fingerprint density at radius 2 is 1.79 bits per heavy atom. The topological polar surface area (TPSA) is 81.7 Å². The van der Waals surface area contributed by atoms with Crippen LogP contribution in [0.4, 0.5) is 20.4 Å². The predicted octanol–water partition coefficient (Wildman–Crippen LogP) is 1.82. The molecule has 8 nitrogen and oxygen atoms in total. The fourth-order valence-corrected chi connectivity index (χ4v) is 4.83. The highest BCUT2D eigenvalue weighted by atomic mass is 32.2. The van der Waals surface area contributed by atoms with Gasteiger partial charge >= 0.3 is 0 Å². The van der Waals surface area contributed by atoms with Crippen LogP contribution < -0.4 is 10.2 Å². The van der Waals surface area contributed by atoms with Crippen molar-refractivity contribution in [2.45, 2.75) is 39.4 Å². The zero-order valence-electron chi connectivity index (χ0n) is 18.9. The van der Waals surface area contributed by atoms with Crippen LogP contribution in [-0.4, -0.2) is 72.8 Å². The van der Waals surface area contributed by atoms with E-state index in [4.69, 9.17) is 9.97 Å². The zero-order chi connectivity index (χ0) is 23.5. The van der Waals surface area contributed by atoms with Gasteiger partial charge in [-0.3, -0.25) is 9.80 Å². The lowest BCUT2D eigenvalue weighted by atomic mass is 10.1. The van der Waals surface area contributed by atoms with E-state index in [1.54, 1.807) is 0 Å². The summed E-state index contributed by atoms with van der Waals surface area (Å²) in [5, 5.41) is 3.39. The van der Waals surface area contributed by atoms with Crippen molar-refractivity contribution in [2.24, 2.45) is 0 Å². The van der Waals surface area contributed by atoms with Crippen molar-refractivity contribution in [1.29, 1.82) is 0 Å². The molecular formula is C22H30F2N6O2S. The molecule has 33 heavy (non-hydrogen) atoms. The van der Waals surface area contributed by atoms with Gasteiger partial charge in [0.1, 0.15) is 11.6 Å². The lowest BCUT2D eigenvalue weighted by molar-refractivity contribution is 0.245. The van der Waals surface area contributed by atoms with Crippen LogP contribution >= 0.6 is 0 Å². The molecule has 0 radical (unpaired) electrons. The molecule has 180 valence electrons. The Morgan fingerprint density at radius 1 is 1.03 bits per heavy atom. The van der Waals surface area contributed by atoms with Gasteiger partial charge in [0.05, 0.1) is 17.3 Å². The molecule has 0 amide bonds. The average molecular weight is 481 g/mol. The third kappa shape index (κ3) is 5.96. The van der Waals surface area contributed by atoms with Gasteiger partial charge < -0.3 is 10.2 Å². The minimum absolute atomic E-state index is 0.0295. The van der Waals surface area contributed by atoms with Crippen molar-refractivity contribution in [2.75, 3.05) is 48.8 Å². The number of anilines is 2. The van der Waals surface area contributed by atoms with E-state index in [-0.39, 0.29) is 11.9 Å². The lowest BCUT2D eigenvalue weighted by Crippen LogP contribution is -2.47. The van der Waals surface area contributed by atoms with Gasteiger partial charge in [-0.2, -0.15) is 0 Å². The molecule has 4 rings (SSSR count). The Morgan fingerprint density at radius 3 is 2.45 bits per heavy atom. The number of nitrogens with one attached hydrogen (secondary N) is 1. The summed E-state index contributed by atoms with van der Waals surface area (Å²) in [5.74, 6) is 0.453. The molecular weight excluding hydrogens is 450 g/mol. The van der Waals surface area contributed by atoms with Crippen molar-refractivity contribution >= 4 is 22.3 Å². The van der Waals surface area contributed by atoms with Crippen LogP contribution in [0.5, 0.6) is 0 Å². The maximum atomic E-state index is 14.0. The number of hydrogen-bond donors (Lipinski definition) is 2. The van der Waals surface area contributed by atoms with E-state index in [0.29, 0.717) is 50.5 Å². The Kier molecular flexibility index (Phi) is 7.40. The van der Waals surface area contributed by atoms with Crippen molar-refractivity contribution in [3.8, 4) is 0 Å². The monoisotopic (exact) mass is 480 g/mol. The first-order valence-corrected chi connectivity index (χ1v) is 12.6. The lowest BCUT2D eigenvalue weighted by Gasteiger charge is -2.37. The highest BCUT2D eigenvalue weighted by Gasteiger charge is 2.26. The SMILES string of the molecule is CC(C)Nc1nc2c(nc1N1CCN(Cc3ccc(F)cc3F)CC1)CCN(C[SH](=O)=O)C2. The number of thiol groups is 1. The fourth-order valence-electron chi connectivity index (χ4n) is 4.26. The molecule has 1 aromatic carbocycles. The standard InChI is InChI=1S/C22H30F2N6O2S/c1-15(2)25-21-22(27-19-5-6-29(14-33(31)32)13-20(19)26-21)30-9-7-28(8-10-30)12-16-3-4-17(23)11-18(16)24/h3-4,11,15,33H,5-10,12-14H2,1-2H3,(H,25,26). The van der Waals surface area contributed by atoms with Gasteiger partial charge in [0.2, 0.25) is 0 Å². The Bertz CT molecular complexity index is 1070. The minimum Gasteiger partial charge on any atom is -0.365 e. The molecule has 11 heteroatoms. The van der Waals surface area contributed by atoms with Gasteiger partial charge in [0, 0.05) is 69.9 Å². The highest BCUT2D eigenvalue weighted by Crippen LogP contribution is 2.28. The first-order valence-electron chi connectivity index (χ1n) is 11.2. The zero-order valence-corrected chi connectivity index (χ0v) is 19.8. The minimum atomic E-state index is -2.47. The van der Waals surface area contributed by atoms with Crippen molar-refractivity contribution < 1.29 is 17.2 Å². The fraction of sp³-hybridized carbons (Fsp3) is 0.545. The van der Waals surface area contributed by atoms with Crippen LogP contribution in [0.3, 0.4) is 0 Å².